The number of hydrogen-bond acceptors (Lipinski definition) is 6. The van der Waals surface area contributed by atoms with E-state index in [9.17, 15) is 0 Å². The number of rotatable bonds is 4. The van der Waals surface area contributed by atoms with E-state index in [1.54, 1.807) is 7.11 Å². The summed E-state index contributed by atoms with van der Waals surface area (Å²) in [5.74, 6) is 2.00. The number of aryl methyl sites for hydroxylation is 1. The standard InChI is InChI=1S/C18H20N6O/c1-25-15-8-2-5-12(17(15)19)18-21-16(22-23-18)11-24-10-4-6-13-14(24)7-3-9-20-13/h2-3,5,7-9H,4,6,10-11,19H2,1H3,(H,21,22,23). The second-order valence-electron chi connectivity index (χ2n) is 6.02. The Bertz CT molecular complexity index is 891. The maximum Gasteiger partial charge on any atom is 0.183 e. The van der Waals surface area contributed by atoms with Crippen LogP contribution in [0.25, 0.3) is 11.4 Å². The van der Waals surface area contributed by atoms with Crippen LogP contribution in [-0.4, -0.2) is 33.8 Å². The molecular formula is C18H20N6O. The van der Waals surface area contributed by atoms with E-state index in [4.69, 9.17) is 10.5 Å². The van der Waals surface area contributed by atoms with Crippen LogP contribution in [0.3, 0.4) is 0 Å². The van der Waals surface area contributed by atoms with Gasteiger partial charge < -0.3 is 15.4 Å². The molecular weight excluding hydrogens is 316 g/mol. The lowest BCUT2D eigenvalue weighted by Crippen LogP contribution is -2.29. The highest BCUT2D eigenvalue weighted by atomic mass is 16.5. The third-order valence-corrected chi connectivity index (χ3v) is 4.45. The van der Waals surface area contributed by atoms with Gasteiger partial charge in [0.25, 0.3) is 0 Å². The van der Waals surface area contributed by atoms with E-state index in [1.807, 2.05) is 30.5 Å². The molecule has 0 fully saturated rings. The number of nitrogens with two attached hydrogens (primary N) is 1. The number of fused-ring (bicyclic) bond motifs is 1. The van der Waals surface area contributed by atoms with E-state index in [1.165, 1.54) is 5.69 Å². The third-order valence-electron chi connectivity index (χ3n) is 4.45. The number of ether oxygens (including phenoxy) is 1. The number of methoxy groups -OCH3 is 1. The molecule has 25 heavy (non-hydrogen) atoms. The SMILES string of the molecule is COc1cccc(-c2n[nH]c(CN3CCCc4ncccc43)n2)c1N. The molecule has 4 rings (SSSR count). The summed E-state index contributed by atoms with van der Waals surface area (Å²) in [6.07, 6.45) is 3.96. The summed E-state index contributed by atoms with van der Waals surface area (Å²) in [5, 5.41) is 7.36. The first-order chi connectivity index (χ1) is 12.3. The van der Waals surface area contributed by atoms with Crippen LogP contribution in [0.1, 0.15) is 17.9 Å². The summed E-state index contributed by atoms with van der Waals surface area (Å²) >= 11 is 0. The van der Waals surface area contributed by atoms with Gasteiger partial charge >= 0.3 is 0 Å². The first-order valence-electron chi connectivity index (χ1n) is 8.29. The van der Waals surface area contributed by atoms with Crippen molar-refractivity contribution in [3.63, 3.8) is 0 Å². The van der Waals surface area contributed by atoms with Gasteiger partial charge in [-0.05, 0) is 37.1 Å². The van der Waals surface area contributed by atoms with Crippen molar-refractivity contribution < 1.29 is 4.74 Å². The Labute approximate surface area is 145 Å². The number of aromatic nitrogens is 4. The Morgan fingerprint density at radius 2 is 2.20 bits per heavy atom. The number of H-pyrrole nitrogens is 1. The monoisotopic (exact) mass is 336 g/mol. The summed E-state index contributed by atoms with van der Waals surface area (Å²) < 4.78 is 5.27. The molecule has 0 unspecified atom stereocenters. The maximum absolute atomic E-state index is 6.15. The molecule has 3 heterocycles. The topological polar surface area (TPSA) is 93.0 Å². The van der Waals surface area contributed by atoms with Crippen LogP contribution < -0.4 is 15.4 Å². The molecule has 7 heteroatoms. The van der Waals surface area contributed by atoms with E-state index in [-0.39, 0.29) is 0 Å². The van der Waals surface area contributed by atoms with Crippen molar-refractivity contribution in [2.45, 2.75) is 19.4 Å². The molecule has 0 amide bonds. The molecule has 1 aromatic carbocycles. The van der Waals surface area contributed by atoms with Gasteiger partial charge in [-0.1, -0.05) is 6.07 Å². The van der Waals surface area contributed by atoms with Crippen LogP contribution in [0.5, 0.6) is 5.75 Å². The summed E-state index contributed by atoms with van der Waals surface area (Å²) in [7, 11) is 1.60. The molecule has 0 aliphatic carbocycles. The Kier molecular flexibility index (Phi) is 3.97. The molecule has 0 radical (unpaired) electrons. The van der Waals surface area contributed by atoms with Crippen molar-refractivity contribution in [2.24, 2.45) is 0 Å². The van der Waals surface area contributed by atoms with Gasteiger partial charge in [-0.25, -0.2) is 4.98 Å². The van der Waals surface area contributed by atoms with E-state index < -0.39 is 0 Å². The summed E-state index contributed by atoms with van der Waals surface area (Å²) in [6.45, 7) is 1.64. The molecule has 0 saturated heterocycles. The van der Waals surface area contributed by atoms with Crippen LogP contribution in [0.2, 0.25) is 0 Å². The lowest BCUT2D eigenvalue weighted by Gasteiger charge is -2.29. The second-order valence-corrected chi connectivity index (χ2v) is 6.02. The van der Waals surface area contributed by atoms with Crippen molar-refractivity contribution in [1.82, 2.24) is 20.2 Å². The quantitative estimate of drug-likeness (QED) is 0.711. The summed E-state index contributed by atoms with van der Waals surface area (Å²) in [6, 6.07) is 9.68. The van der Waals surface area contributed by atoms with Gasteiger partial charge in [0, 0.05) is 18.3 Å². The van der Waals surface area contributed by atoms with Crippen molar-refractivity contribution in [3.8, 4) is 17.1 Å². The van der Waals surface area contributed by atoms with Gasteiger partial charge in [0.2, 0.25) is 0 Å². The van der Waals surface area contributed by atoms with Gasteiger partial charge in [0.05, 0.1) is 30.7 Å². The van der Waals surface area contributed by atoms with Gasteiger partial charge in [0.1, 0.15) is 11.6 Å². The Hall–Kier alpha value is -3.09. The molecule has 1 aliphatic rings. The van der Waals surface area contributed by atoms with Gasteiger partial charge in [-0.15, -0.1) is 0 Å². The molecule has 3 N–H and O–H groups in total. The molecule has 0 bridgehead atoms. The molecule has 128 valence electrons. The zero-order chi connectivity index (χ0) is 17.2. The van der Waals surface area contributed by atoms with E-state index in [2.05, 4.69) is 31.1 Å². The van der Waals surface area contributed by atoms with Gasteiger partial charge in [-0.2, -0.15) is 5.10 Å². The molecule has 2 aromatic heterocycles. The molecule has 0 spiro atoms. The number of nitrogens with one attached hydrogen (secondary N) is 1. The molecule has 0 atom stereocenters. The predicted octanol–water partition coefficient (Wildman–Crippen LogP) is 2.41. The van der Waals surface area contributed by atoms with Crippen molar-refractivity contribution in [1.29, 1.82) is 0 Å². The number of hydrogen-bond donors (Lipinski definition) is 2. The van der Waals surface area contributed by atoms with Crippen molar-refractivity contribution in [2.75, 3.05) is 24.3 Å². The average molecular weight is 336 g/mol. The van der Waals surface area contributed by atoms with Crippen LogP contribution in [0, 0.1) is 0 Å². The summed E-state index contributed by atoms with van der Waals surface area (Å²) in [5.41, 5.74) is 9.77. The largest absolute Gasteiger partial charge is 0.495 e. The third kappa shape index (κ3) is 2.88. The fourth-order valence-electron chi connectivity index (χ4n) is 3.22. The lowest BCUT2D eigenvalue weighted by atomic mass is 10.1. The van der Waals surface area contributed by atoms with Gasteiger partial charge in [-0.3, -0.25) is 10.1 Å². The number of nitrogen functional groups attached to an aromatic ring is 1. The van der Waals surface area contributed by atoms with Crippen LogP contribution in [-0.2, 0) is 13.0 Å². The van der Waals surface area contributed by atoms with Crippen LogP contribution in [0.15, 0.2) is 36.5 Å². The number of nitrogens with zero attached hydrogens (tertiary/aromatic N) is 4. The van der Waals surface area contributed by atoms with Crippen LogP contribution in [0.4, 0.5) is 11.4 Å². The molecule has 0 saturated carbocycles. The Balaban J connectivity index is 1.59. The van der Waals surface area contributed by atoms with Crippen molar-refractivity contribution in [3.05, 3.63) is 48.0 Å². The normalized spacial score (nSPS) is 13.6. The lowest BCUT2D eigenvalue weighted by molar-refractivity contribution is 0.417. The van der Waals surface area contributed by atoms with E-state index >= 15 is 0 Å². The minimum Gasteiger partial charge on any atom is -0.495 e. The Morgan fingerprint density at radius 3 is 3.08 bits per heavy atom. The zero-order valence-electron chi connectivity index (χ0n) is 14.1. The average Bonchev–Trinajstić information content (AvgIpc) is 3.10. The Morgan fingerprint density at radius 1 is 1.28 bits per heavy atom. The number of pyridine rings is 1. The first kappa shape index (κ1) is 15.4. The first-order valence-corrected chi connectivity index (χ1v) is 8.29. The van der Waals surface area contributed by atoms with E-state index in [0.29, 0.717) is 23.8 Å². The van der Waals surface area contributed by atoms with Gasteiger partial charge in [0.15, 0.2) is 5.82 Å². The molecule has 7 nitrogen and oxygen atoms in total. The van der Waals surface area contributed by atoms with Crippen LogP contribution >= 0.6 is 0 Å². The highest BCUT2D eigenvalue weighted by Crippen LogP contribution is 2.31. The fourth-order valence-corrected chi connectivity index (χ4v) is 3.22. The predicted molar refractivity (Wildman–Crippen MR) is 96.4 cm³/mol. The number of para-hydroxylation sites is 1. The van der Waals surface area contributed by atoms with E-state index in [0.717, 1.165) is 36.5 Å². The molecule has 1 aliphatic heterocycles. The minimum atomic E-state index is 0.545. The smallest absolute Gasteiger partial charge is 0.183 e. The fraction of sp³-hybridized carbons (Fsp3) is 0.278. The highest BCUT2D eigenvalue weighted by molar-refractivity contribution is 5.76. The second kappa shape index (κ2) is 6.43. The number of aromatic amines is 1. The highest BCUT2D eigenvalue weighted by Gasteiger charge is 2.19. The summed E-state index contributed by atoms with van der Waals surface area (Å²) in [4.78, 5) is 11.4. The maximum atomic E-state index is 6.15. The number of anilines is 2. The zero-order valence-corrected chi connectivity index (χ0v) is 14.1. The van der Waals surface area contributed by atoms with Crippen molar-refractivity contribution >= 4 is 11.4 Å². The number of benzene rings is 1. The molecule has 3 aromatic rings. The minimum absolute atomic E-state index is 0.545.